The number of aryl methyl sites for hydroxylation is 2. The van der Waals surface area contributed by atoms with Gasteiger partial charge in [0.25, 0.3) is 0 Å². The predicted octanol–water partition coefficient (Wildman–Crippen LogP) is 2.13. The van der Waals surface area contributed by atoms with Gasteiger partial charge in [0.05, 0.1) is 36.4 Å². The van der Waals surface area contributed by atoms with Crippen LogP contribution in [0.5, 0.6) is 0 Å². The molecule has 0 amide bonds. The Balaban J connectivity index is 1.59. The molecule has 1 aromatic carbocycles. The van der Waals surface area contributed by atoms with Gasteiger partial charge in [-0.3, -0.25) is 4.57 Å². The van der Waals surface area contributed by atoms with Gasteiger partial charge < -0.3 is 19.3 Å². The van der Waals surface area contributed by atoms with E-state index in [-0.39, 0.29) is 6.54 Å². The largest absolute Gasteiger partial charge is 0.389 e. The molecule has 0 aliphatic carbocycles. The lowest BCUT2D eigenvalue weighted by atomic mass is 10.1. The molecule has 1 fully saturated rings. The summed E-state index contributed by atoms with van der Waals surface area (Å²) in [4.78, 5) is 26.5. The molecule has 0 bridgehead atoms. The number of ether oxygens (including phenoxy) is 1. The summed E-state index contributed by atoms with van der Waals surface area (Å²) in [5.74, 6) is 3.34. The van der Waals surface area contributed by atoms with E-state index in [1.165, 1.54) is 6.33 Å². The molecule has 1 saturated heterocycles. The maximum Gasteiger partial charge on any atom is 0.239 e. The normalized spacial score (nSPS) is 14.8. The van der Waals surface area contributed by atoms with Crippen molar-refractivity contribution < 1.29 is 9.84 Å². The molecule has 12 nitrogen and oxygen atoms in total. The van der Waals surface area contributed by atoms with E-state index in [1.54, 1.807) is 18.5 Å². The number of anilines is 1. The zero-order valence-electron chi connectivity index (χ0n) is 21.5. The van der Waals surface area contributed by atoms with E-state index in [4.69, 9.17) is 24.7 Å². The molecule has 0 saturated carbocycles. The summed E-state index contributed by atoms with van der Waals surface area (Å²) in [5.41, 5.74) is 2.26. The van der Waals surface area contributed by atoms with Crippen LogP contribution in [0.4, 0.5) is 5.82 Å². The Hall–Kier alpha value is -3.90. The van der Waals surface area contributed by atoms with Crippen molar-refractivity contribution in [3.05, 3.63) is 36.4 Å². The van der Waals surface area contributed by atoms with Crippen LogP contribution >= 0.6 is 0 Å². The number of hydrogen-bond donors (Lipinski definition) is 1. The Labute approximate surface area is 213 Å². The van der Waals surface area contributed by atoms with Gasteiger partial charge in [0.2, 0.25) is 5.95 Å². The van der Waals surface area contributed by atoms with Crippen LogP contribution in [0.15, 0.2) is 30.6 Å². The SMILES string of the molecule is CCc1nc2ccccc2n1-c1nc(N2CCOCC2)c2nc(-c3ncnn3CC(C)(C)O)n(C)c2n1. The number of imidazole rings is 2. The number of hydrogen-bond acceptors (Lipinski definition) is 9. The third-order valence-electron chi connectivity index (χ3n) is 6.50. The Kier molecular flexibility index (Phi) is 5.64. The van der Waals surface area contributed by atoms with Gasteiger partial charge in [-0.15, -0.1) is 0 Å². The van der Waals surface area contributed by atoms with Crippen molar-refractivity contribution in [2.24, 2.45) is 7.05 Å². The Morgan fingerprint density at radius 2 is 1.81 bits per heavy atom. The monoisotopic (exact) mass is 502 g/mol. The maximum atomic E-state index is 10.4. The van der Waals surface area contributed by atoms with Gasteiger partial charge >= 0.3 is 0 Å². The molecule has 0 radical (unpaired) electrons. The molecule has 5 heterocycles. The first-order chi connectivity index (χ1) is 17.8. The average Bonchev–Trinajstić information content (AvgIpc) is 3.58. The van der Waals surface area contributed by atoms with Crippen molar-refractivity contribution in [1.82, 2.24) is 43.8 Å². The van der Waals surface area contributed by atoms with Gasteiger partial charge in [-0.05, 0) is 26.0 Å². The number of morpholine rings is 1. The highest BCUT2D eigenvalue weighted by molar-refractivity contribution is 5.88. The molecule has 1 aliphatic heterocycles. The molecule has 4 aromatic heterocycles. The van der Waals surface area contributed by atoms with Crippen LogP contribution in [-0.2, 0) is 24.8 Å². The maximum absolute atomic E-state index is 10.4. The lowest BCUT2D eigenvalue weighted by Gasteiger charge is -2.28. The minimum atomic E-state index is -0.960. The molecule has 12 heteroatoms. The number of aliphatic hydroxyl groups is 1. The quantitative estimate of drug-likeness (QED) is 0.372. The summed E-state index contributed by atoms with van der Waals surface area (Å²) in [6.07, 6.45) is 2.21. The molecule has 0 spiro atoms. The fraction of sp³-hybridized carbons (Fsp3) is 0.440. The molecule has 5 aromatic rings. The van der Waals surface area contributed by atoms with Gasteiger partial charge in [0.1, 0.15) is 12.2 Å². The van der Waals surface area contributed by atoms with Crippen molar-refractivity contribution in [2.45, 2.75) is 39.3 Å². The highest BCUT2D eigenvalue weighted by atomic mass is 16.5. The second-order valence-electron chi connectivity index (χ2n) is 9.87. The van der Waals surface area contributed by atoms with Gasteiger partial charge in [-0.1, -0.05) is 19.1 Å². The molecular formula is C25H30N10O2. The lowest BCUT2D eigenvalue weighted by Crippen LogP contribution is -2.37. The lowest BCUT2D eigenvalue weighted by molar-refractivity contribution is 0.0581. The summed E-state index contributed by atoms with van der Waals surface area (Å²) in [5, 5.41) is 14.7. The number of rotatable bonds is 6. The molecular weight excluding hydrogens is 472 g/mol. The first-order valence-electron chi connectivity index (χ1n) is 12.5. The van der Waals surface area contributed by atoms with Crippen LogP contribution in [0.1, 0.15) is 26.6 Å². The summed E-state index contributed by atoms with van der Waals surface area (Å²) in [7, 11) is 1.92. The minimum absolute atomic E-state index is 0.277. The smallest absolute Gasteiger partial charge is 0.239 e. The Morgan fingerprint density at radius 1 is 1.03 bits per heavy atom. The summed E-state index contributed by atoms with van der Waals surface area (Å²) in [6, 6.07) is 8.03. The molecule has 6 rings (SSSR count). The Bertz CT molecular complexity index is 1590. The van der Waals surface area contributed by atoms with Crippen LogP contribution in [0, 0.1) is 0 Å². The standard InChI is InChI=1S/C25H30N10O2/c1-5-18-28-16-8-6-7-9-17(16)35(18)24-30-20-19(21(31-24)33-10-12-37-13-11-33)29-23(32(20)4)22-26-15-27-34(22)14-25(2,3)36/h6-9,15,36H,5,10-14H2,1-4H3. The predicted molar refractivity (Wildman–Crippen MR) is 139 cm³/mol. The van der Waals surface area contributed by atoms with Gasteiger partial charge in [-0.25, -0.2) is 19.6 Å². The second kappa shape index (κ2) is 8.89. The number of para-hydroxylation sites is 2. The molecule has 0 unspecified atom stereocenters. The number of fused-ring (bicyclic) bond motifs is 2. The zero-order valence-corrected chi connectivity index (χ0v) is 21.5. The van der Waals surface area contributed by atoms with Gasteiger partial charge in [-0.2, -0.15) is 15.1 Å². The van der Waals surface area contributed by atoms with E-state index in [2.05, 4.69) is 21.9 Å². The molecule has 0 atom stereocenters. The van der Waals surface area contributed by atoms with Crippen molar-refractivity contribution >= 4 is 28.0 Å². The Morgan fingerprint density at radius 3 is 2.57 bits per heavy atom. The fourth-order valence-electron chi connectivity index (χ4n) is 4.79. The van der Waals surface area contributed by atoms with Crippen molar-refractivity contribution in [3.63, 3.8) is 0 Å². The molecule has 1 aliphatic rings. The number of nitrogens with zero attached hydrogens (tertiary/aromatic N) is 10. The summed E-state index contributed by atoms with van der Waals surface area (Å²) < 4.78 is 11.2. The highest BCUT2D eigenvalue weighted by Gasteiger charge is 2.27. The number of aromatic nitrogens is 9. The molecule has 37 heavy (non-hydrogen) atoms. The van der Waals surface area contributed by atoms with E-state index in [0.29, 0.717) is 55.1 Å². The van der Waals surface area contributed by atoms with E-state index in [1.807, 2.05) is 40.4 Å². The van der Waals surface area contributed by atoms with Crippen LogP contribution in [-0.4, -0.2) is 80.8 Å². The van der Waals surface area contributed by atoms with E-state index >= 15 is 0 Å². The topological polar surface area (TPSA) is 125 Å². The van der Waals surface area contributed by atoms with Gasteiger partial charge in [0.15, 0.2) is 28.6 Å². The van der Waals surface area contributed by atoms with Crippen molar-refractivity contribution in [2.75, 3.05) is 31.2 Å². The summed E-state index contributed by atoms with van der Waals surface area (Å²) in [6.45, 7) is 8.49. The van der Waals surface area contributed by atoms with E-state index < -0.39 is 5.60 Å². The van der Waals surface area contributed by atoms with Crippen LogP contribution in [0.3, 0.4) is 0 Å². The minimum Gasteiger partial charge on any atom is -0.389 e. The van der Waals surface area contributed by atoms with Crippen LogP contribution in [0.2, 0.25) is 0 Å². The third-order valence-corrected chi connectivity index (χ3v) is 6.50. The van der Waals surface area contributed by atoms with Gasteiger partial charge in [0, 0.05) is 26.6 Å². The zero-order chi connectivity index (χ0) is 25.7. The van der Waals surface area contributed by atoms with E-state index in [0.717, 1.165) is 29.1 Å². The molecule has 1 N–H and O–H groups in total. The van der Waals surface area contributed by atoms with Crippen LogP contribution < -0.4 is 4.90 Å². The average molecular weight is 503 g/mol. The first-order valence-corrected chi connectivity index (χ1v) is 12.5. The van der Waals surface area contributed by atoms with Crippen LogP contribution in [0.25, 0.3) is 39.8 Å². The first kappa shape index (κ1) is 23.5. The number of benzene rings is 1. The molecule has 192 valence electrons. The third kappa shape index (κ3) is 4.11. The summed E-state index contributed by atoms with van der Waals surface area (Å²) >= 11 is 0. The van der Waals surface area contributed by atoms with Crippen molar-refractivity contribution in [1.29, 1.82) is 0 Å². The second-order valence-corrected chi connectivity index (χ2v) is 9.87. The highest BCUT2D eigenvalue weighted by Crippen LogP contribution is 2.30. The van der Waals surface area contributed by atoms with Crippen molar-refractivity contribution in [3.8, 4) is 17.6 Å². The van der Waals surface area contributed by atoms with E-state index in [9.17, 15) is 5.11 Å². The fourth-order valence-corrected chi connectivity index (χ4v) is 4.79.